The van der Waals surface area contributed by atoms with E-state index in [1.807, 2.05) is 0 Å². The molecule has 0 radical (unpaired) electrons. The Morgan fingerprint density at radius 3 is 2.90 bits per heavy atom. The molecule has 1 aromatic rings. The maximum Gasteiger partial charge on any atom is 0.243 e. The molecule has 0 aliphatic carbocycles. The maximum atomic E-state index is 13.6. The van der Waals surface area contributed by atoms with Crippen molar-refractivity contribution in [1.29, 1.82) is 0 Å². The average molecular weight is 334 g/mol. The molecule has 3 N–H and O–H groups in total. The number of hydrogen-bond acceptors (Lipinski definition) is 5. The summed E-state index contributed by atoms with van der Waals surface area (Å²) >= 11 is 4.70. The van der Waals surface area contributed by atoms with Crippen molar-refractivity contribution in [3.05, 3.63) is 29.6 Å². The summed E-state index contributed by atoms with van der Waals surface area (Å²) < 4.78 is 45.0. The van der Waals surface area contributed by atoms with Crippen LogP contribution in [0.1, 0.15) is 5.56 Å². The molecule has 1 aliphatic rings. The van der Waals surface area contributed by atoms with Crippen LogP contribution in [0, 0.1) is 5.82 Å². The molecule has 1 unspecified atom stereocenters. The van der Waals surface area contributed by atoms with Gasteiger partial charge in [-0.05, 0) is 18.2 Å². The van der Waals surface area contributed by atoms with Gasteiger partial charge in [0.2, 0.25) is 10.0 Å². The van der Waals surface area contributed by atoms with Gasteiger partial charge >= 0.3 is 0 Å². The number of benzene rings is 1. The lowest BCUT2D eigenvalue weighted by atomic mass is 10.2. The van der Waals surface area contributed by atoms with E-state index in [-0.39, 0.29) is 41.8 Å². The quantitative estimate of drug-likeness (QED) is 0.744. The van der Waals surface area contributed by atoms with Gasteiger partial charge in [0.25, 0.3) is 0 Å². The van der Waals surface area contributed by atoms with E-state index in [2.05, 4.69) is 0 Å². The fraction of sp³-hybridized carbons (Fsp3) is 0.417. The highest BCUT2D eigenvalue weighted by atomic mass is 32.2. The first kappa shape index (κ1) is 16.2. The molecular weight excluding hydrogens is 319 g/mol. The zero-order valence-electron chi connectivity index (χ0n) is 11.0. The Morgan fingerprint density at radius 2 is 2.29 bits per heavy atom. The van der Waals surface area contributed by atoms with Crippen molar-refractivity contribution in [2.45, 2.75) is 10.9 Å². The van der Waals surface area contributed by atoms with Crippen LogP contribution in [0.4, 0.5) is 4.39 Å². The fourth-order valence-corrected chi connectivity index (χ4v) is 3.86. The first-order valence-corrected chi connectivity index (χ1v) is 8.02. The van der Waals surface area contributed by atoms with Crippen molar-refractivity contribution in [2.75, 3.05) is 26.4 Å². The van der Waals surface area contributed by atoms with Gasteiger partial charge in [-0.3, -0.25) is 0 Å². The van der Waals surface area contributed by atoms with E-state index in [9.17, 15) is 17.9 Å². The maximum absolute atomic E-state index is 13.6. The zero-order valence-corrected chi connectivity index (χ0v) is 12.7. The number of sulfonamides is 1. The van der Waals surface area contributed by atoms with E-state index in [4.69, 9.17) is 22.7 Å². The molecule has 9 heteroatoms. The molecule has 0 saturated carbocycles. The minimum Gasteiger partial charge on any atom is -0.395 e. The van der Waals surface area contributed by atoms with Crippen LogP contribution < -0.4 is 5.73 Å². The van der Waals surface area contributed by atoms with Crippen LogP contribution in [0.25, 0.3) is 0 Å². The third-order valence-electron chi connectivity index (χ3n) is 3.19. The molecule has 1 aromatic carbocycles. The van der Waals surface area contributed by atoms with Crippen LogP contribution in [0.5, 0.6) is 0 Å². The number of aliphatic hydroxyl groups excluding tert-OH is 1. The Bertz CT molecular complexity index is 651. The lowest BCUT2D eigenvalue weighted by Crippen LogP contribution is -2.50. The Labute approximate surface area is 127 Å². The highest BCUT2D eigenvalue weighted by molar-refractivity contribution is 7.89. The van der Waals surface area contributed by atoms with E-state index in [0.717, 1.165) is 22.5 Å². The molecule has 1 aliphatic heterocycles. The van der Waals surface area contributed by atoms with Crippen LogP contribution in [-0.4, -0.2) is 55.2 Å². The van der Waals surface area contributed by atoms with Gasteiger partial charge in [-0.2, -0.15) is 4.31 Å². The number of halogens is 1. The number of thiocarbonyl (C=S) groups is 1. The van der Waals surface area contributed by atoms with Crippen LogP contribution in [0.15, 0.2) is 23.1 Å². The van der Waals surface area contributed by atoms with Gasteiger partial charge in [-0.15, -0.1) is 0 Å². The highest BCUT2D eigenvalue weighted by Crippen LogP contribution is 2.22. The third-order valence-corrected chi connectivity index (χ3v) is 5.36. The van der Waals surface area contributed by atoms with Gasteiger partial charge in [-0.1, -0.05) is 12.2 Å². The van der Waals surface area contributed by atoms with Crippen LogP contribution >= 0.6 is 12.2 Å². The number of ether oxygens (including phenoxy) is 1. The molecule has 0 amide bonds. The van der Waals surface area contributed by atoms with Crippen molar-refractivity contribution < 1.29 is 22.7 Å². The summed E-state index contributed by atoms with van der Waals surface area (Å²) in [6, 6.07) is 2.60. The standard InChI is InChI=1S/C12H15FN2O4S2/c13-11-2-1-9(5-10(11)12(14)20)21(17,18)15-3-4-19-7-8(15)6-16/h1-2,5,8,16H,3-4,6-7H2,(H2,14,20). The summed E-state index contributed by atoms with van der Waals surface area (Å²) in [4.78, 5) is -0.336. The van der Waals surface area contributed by atoms with Crippen molar-refractivity contribution in [2.24, 2.45) is 5.73 Å². The van der Waals surface area contributed by atoms with Gasteiger partial charge < -0.3 is 15.6 Å². The molecule has 0 bridgehead atoms. The number of aliphatic hydroxyl groups is 1. The van der Waals surface area contributed by atoms with E-state index in [0.29, 0.717) is 0 Å². The zero-order chi connectivity index (χ0) is 15.6. The predicted octanol–water partition coefficient (Wildman–Crippen LogP) is -0.158. The Hall–Kier alpha value is -1.13. The first-order valence-electron chi connectivity index (χ1n) is 6.17. The topological polar surface area (TPSA) is 92.9 Å². The summed E-state index contributed by atoms with van der Waals surface area (Å²) in [6.07, 6.45) is 0. The smallest absolute Gasteiger partial charge is 0.243 e. The molecule has 21 heavy (non-hydrogen) atoms. The molecule has 1 atom stereocenters. The second kappa shape index (κ2) is 6.32. The van der Waals surface area contributed by atoms with Gasteiger partial charge in [0.15, 0.2) is 0 Å². The second-order valence-corrected chi connectivity index (χ2v) is 6.86. The van der Waals surface area contributed by atoms with Gasteiger partial charge in [0.05, 0.1) is 30.8 Å². The van der Waals surface area contributed by atoms with E-state index in [1.165, 1.54) is 0 Å². The van der Waals surface area contributed by atoms with Gasteiger partial charge in [-0.25, -0.2) is 12.8 Å². The van der Waals surface area contributed by atoms with Gasteiger partial charge in [0.1, 0.15) is 10.8 Å². The number of hydrogen-bond donors (Lipinski definition) is 2. The highest BCUT2D eigenvalue weighted by Gasteiger charge is 2.34. The monoisotopic (exact) mass is 334 g/mol. The summed E-state index contributed by atoms with van der Waals surface area (Å²) in [6.45, 7) is 0.105. The van der Waals surface area contributed by atoms with Crippen molar-refractivity contribution in [3.63, 3.8) is 0 Å². The lowest BCUT2D eigenvalue weighted by Gasteiger charge is -2.33. The first-order chi connectivity index (χ1) is 9.87. The molecule has 116 valence electrons. The lowest BCUT2D eigenvalue weighted by molar-refractivity contribution is 0.0109. The number of nitrogens with zero attached hydrogens (tertiary/aromatic N) is 1. The SMILES string of the molecule is NC(=S)c1cc(S(=O)(=O)N2CCOCC2CO)ccc1F. The Kier molecular flexibility index (Phi) is 4.89. The Morgan fingerprint density at radius 1 is 1.57 bits per heavy atom. The minimum atomic E-state index is -3.88. The molecule has 0 spiro atoms. The summed E-state index contributed by atoms with van der Waals surface area (Å²) in [5, 5.41) is 9.27. The van der Waals surface area contributed by atoms with E-state index >= 15 is 0 Å². The Balaban J connectivity index is 2.43. The predicted molar refractivity (Wildman–Crippen MR) is 77.9 cm³/mol. The summed E-state index contributed by atoms with van der Waals surface area (Å²) in [5.41, 5.74) is 5.26. The molecular formula is C12H15FN2O4S2. The van der Waals surface area contributed by atoms with Crippen LogP contribution in [-0.2, 0) is 14.8 Å². The van der Waals surface area contributed by atoms with Crippen molar-refractivity contribution in [3.8, 4) is 0 Å². The number of rotatable bonds is 4. The average Bonchev–Trinajstić information content (AvgIpc) is 2.47. The second-order valence-electron chi connectivity index (χ2n) is 4.53. The van der Waals surface area contributed by atoms with Crippen LogP contribution in [0.2, 0.25) is 0 Å². The minimum absolute atomic E-state index is 0.110. The third kappa shape index (κ3) is 3.22. The number of morpholine rings is 1. The molecule has 0 aromatic heterocycles. The van der Waals surface area contributed by atoms with Crippen LogP contribution in [0.3, 0.4) is 0 Å². The normalized spacial score (nSPS) is 20.4. The molecule has 1 saturated heterocycles. The molecule has 2 rings (SSSR count). The molecule has 1 fully saturated rings. The van der Waals surface area contributed by atoms with E-state index < -0.39 is 21.9 Å². The van der Waals surface area contributed by atoms with Crippen molar-refractivity contribution in [1.82, 2.24) is 4.31 Å². The largest absolute Gasteiger partial charge is 0.395 e. The fourth-order valence-electron chi connectivity index (χ4n) is 2.09. The summed E-state index contributed by atoms with van der Waals surface area (Å²) in [7, 11) is -3.88. The molecule has 6 nitrogen and oxygen atoms in total. The van der Waals surface area contributed by atoms with Crippen molar-refractivity contribution >= 4 is 27.2 Å². The summed E-state index contributed by atoms with van der Waals surface area (Å²) in [5.74, 6) is -0.679. The van der Waals surface area contributed by atoms with Gasteiger partial charge in [0, 0.05) is 12.1 Å². The molecule has 1 heterocycles. The van der Waals surface area contributed by atoms with E-state index in [1.54, 1.807) is 0 Å². The number of nitrogens with two attached hydrogens (primary N) is 1.